The van der Waals surface area contributed by atoms with Crippen LogP contribution in [0.15, 0.2) is 0 Å². The van der Waals surface area contributed by atoms with Crippen LogP contribution < -0.4 is 5.73 Å². The summed E-state index contributed by atoms with van der Waals surface area (Å²) in [7, 11) is 0. The number of aromatic nitrogens is 2. The van der Waals surface area contributed by atoms with Gasteiger partial charge in [0.25, 0.3) is 0 Å². The van der Waals surface area contributed by atoms with E-state index in [0.29, 0.717) is 18.0 Å². The lowest BCUT2D eigenvalue weighted by atomic mass is 9.86. The minimum absolute atomic E-state index is 0.145. The van der Waals surface area contributed by atoms with Gasteiger partial charge in [-0.1, -0.05) is 6.92 Å². The first-order valence-electron chi connectivity index (χ1n) is 6.79. The quantitative estimate of drug-likeness (QED) is 0.766. The summed E-state index contributed by atoms with van der Waals surface area (Å²) >= 11 is 0. The number of rotatable bonds is 4. The number of carbonyl (C=O) groups is 1. The summed E-state index contributed by atoms with van der Waals surface area (Å²) in [6, 6.07) is 0.154. The minimum atomic E-state index is -1.01. The van der Waals surface area contributed by atoms with Crippen LogP contribution in [0.25, 0.3) is 0 Å². The Labute approximate surface area is 112 Å². The van der Waals surface area contributed by atoms with E-state index in [1.54, 1.807) is 4.68 Å². The molecule has 0 aliphatic heterocycles. The number of carboxylic acid groups (broad SMARTS) is 1. The van der Waals surface area contributed by atoms with Crippen LogP contribution in [0.4, 0.5) is 5.82 Å². The van der Waals surface area contributed by atoms with Gasteiger partial charge in [-0.15, -0.1) is 0 Å². The Kier molecular flexibility index (Phi) is 4.09. The minimum Gasteiger partial charge on any atom is -0.477 e. The van der Waals surface area contributed by atoms with E-state index in [2.05, 4.69) is 5.10 Å². The fourth-order valence-electron chi connectivity index (χ4n) is 2.83. The van der Waals surface area contributed by atoms with Gasteiger partial charge in [0.05, 0.1) is 11.7 Å². The van der Waals surface area contributed by atoms with Gasteiger partial charge < -0.3 is 15.9 Å². The number of nitrogen functional groups attached to an aromatic ring is 1. The first kappa shape index (κ1) is 13.9. The lowest BCUT2D eigenvalue weighted by Gasteiger charge is -2.28. The van der Waals surface area contributed by atoms with Gasteiger partial charge in [-0.2, -0.15) is 5.10 Å². The molecule has 2 rings (SSSR count). The van der Waals surface area contributed by atoms with Gasteiger partial charge >= 0.3 is 5.97 Å². The second-order valence-corrected chi connectivity index (χ2v) is 5.17. The molecule has 4 N–H and O–H groups in total. The summed E-state index contributed by atoms with van der Waals surface area (Å²) in [6.45, 7) is 2.10. The van der Waals surface area contributed by atoms with Crippen molar-refractivity contribution >= 4 is 11.8 Å². The molecule has 1 aliphatic carbocycles. The van der Waals surface area contributed by atoms with Gasteiger partial charge in [-0.3, -0.25) is 0 Å². The van der Waals surface area contributed by atoms with Crippen LogP contribution >= 0.6 is 0 Å². The van der Waals surface area contributed by atoms with Crippen LogP contribution in [0.2, 0.25) is 0 Å². The van der Waals surface area contributed by atoms with Crippen LogP contribution in [0.1, 0.15) is 54.7 Å². The van der Waals surface area contributed by atoms with Crippen molar-refractivity contribution in [3.05, 3.63) is 11.3 Å². The SMILES string of the molecule is CCc1nn(C2CCC(CO)CC2)c(N)c1C(=O)O. The lowest BCUT2D eigenvalue weighted by Crippen LogP contribution is -2.22. The number of aryl methyl sites for hydroxylation is 1. The van der Waals surface area contributed by atoms with Crippen molar-refractivity contribution in [3.8, 4) is 0 Å². The van der Waals surface area contributed by atoms with E-state index in [-0.39, 0.29) is 24.0 Å². The standard InChI is InChI=1S/C13H21N3O3/c1-2-10-11(13(18)19)12(14)16(15-10)9-5-3-8(7-17)4-6-9/h8-9,17H,2-7,14H2,1H3,(H,18,19). The maximum absolute atomic E-state index is 11.2. The van der Waals surface area contributed by atoms with E-state index < -0.39 is 5.97 Å². The van der Waals surface area contributed by atoms with Crippen molar-refractivity contribution < 1.29 is 15.0 Å². The zero-order chi connectivity index (χ0) is 14.0. The second-order valence-electron chi connectivity index (χ2n) is 5.17. The largest absolute Gasteiger partial charge is 0.477 e. The van der Waals surface area contributed by atoms with Gasteiger partial charge in [0, 0.05) is 6.61 Å². The number of carboxylic acids is 1. The predicted octanol–water partition coefficient (Wildman–Crippen LogP) is 1.45. The van der Waals surface area contributed by atoms with Crippen molar-refractivity contribution in [3.63, 3.8) is 0 Å². The van der Waals surface area contributed by atoms with Crippen molar-refractivity contribution in [2.45, 2.75) is 45.1 Å². The second kappa shape index (κ2) is 5.61. The molecule has 106 valence electrons. The molecule has 6 heteroatoms. The van der Waals surface area contributed by atoms with Crippen molar-refractivity contribution in [2.24, 2.45) is 5.92 Å². The predicted molar refractivity (Wildman–Crippen MR) is 71.1 cm³/mol. The Morgan fingerprint density at radius 2 is 2.05 bits per heavy atom. The van der Waals surface area contributed by atoms with Crippen LogP contribution in [-0.4, -0.2) is 32.6 Å². The summed E-state index contributed by atoms with van der Waals surface area (Å²) in [4.78, 5) is 11.2. The Hall–Kier alpha value is -1.56. The van der Waals surface area contributed by atoms with Gasteiger partial charge in [0.2, 0.25) is 0 Å². The molecule has 0 aromatic carbocycles. The van der Waals surface area contributed by atoms with E-state index in [1.807, 2.05) is 6.92 Å². The Morgan fingerprint density at radius 3 is 2.47 bits per heavy atom. The molecule has 0 radical (unpaired) electrons. The molecule has 1 saturated carbocycles. The number of hydrogen-bond acceptors (Lipinski definition) is 4. The molecule has 1 aromatic heterocycles. The van der Waals surface area contributed by atoms with Crippen molar-refractivity contribution in [2.75, 3.05) is 12.3 Å². The molecule has 0 atom stereocenters. The molecule has 1 fully saturated rings. The monoisotopic (exact) mass is 267 g/mol. The summed E-state index contributed by atoms with van der Waals surface area (Å²) in [5, 5.41) is 22.7. The topological polar surface area (TPSA) is 101 Å². The number of nitrogens with two attached hydrogens (primary N) is 1. The Morgan fingerprint density at radius 1 is 1.42 bits per heavy atom. The molecule has 6 nitrogen and oxygen atoms in total. The molecule has 0 spiro atoms. The normalized spacial score (nSPS) is 23.5. The third kappa shape index (κ3) is 2.58. The highest BCUT2D eigenvalue weighted by Gasteiger charge is 2.27. The Balaban J connectivity index is 2.24. The first-order valence-corrected chi connectivity index (χ1v) is 6.79. The molecule has 19 heavy (non-hydrogen) atoms. The molecule has 1 aliphatic rings. The highest BCUT2D eigenvalue weighted by Crippen LogP contribution is 2.34. The van der Waals surface area contributed by atoms with Crippen LogP contribution in [0, 0.1) is 5.92 Å². The maximum atomic E-state index is 11.2. The van der Waals surface area contributed by atoms with Crippen molar-refractivity contribution in [1.29, 1.82) is 0 Å². The highest BCUT2D eigenvalue weighted by atomic mass is 16.4. The van der Waals surface area contributed by atoms with Crippen molar-refractivity contribution in [1.82, 2.24) is 9.78 Å². The lowest BCUT2D eigenvalue weighted by molar-refractivity contribution is 0.0697. The molecular weight excluding hydrogens is 246 g/mol. The van der Waals surface area contributed by atoms with Crippen LogP contribution in [0.3, 0.4) is 0 Å². The average molecular weight is 267 g/mol. The number of nitrogens with zero attached hydrogens (tertiary/aromatic N) is 2. The van der Waals surface area contributed by atoms with E-state index in [9.17, 15) is 9.90 Å². The molecule has 1 aromatic rings. The zero-order valence-corrected chi connectivity index (χ0v) is 11.2. The van der Waals surface area contributed by atoms with E-state index in [1.165, 1.54) is 0 Å². The molecule has 0 saturated heterocycles. The fraction of sp³-hybridized carbons (Fsp3) is 0.692. The molecule has 0 amide bonds. The summed E-state index contributed by atoms with van der Waals surface area (Å²) in [5.74, 6) is -0.390. The number of hydrogen-bond donors (Lipinski definition) is 3. The van der Waals surface area contributed by atoms with E-state index >= 15 is 0 Å². The van der Waals surface area contributed by atoms with Crippen LogP contribution in [0.5, 0.6) is 0 Å². The molecular formula is C13H21N3O3. The third-order valence-corrected chi connectivity index (χ3v) is 3.99. The van der Waals surface area contributed by atoms with E-state index in [4.69, 9.17) is 10.8 Å². The van der Waals surface area contributed by atoms with Crippen LogP contribution in [-0.2, 0) is 6.42 Å². The molecule has 0 bridgehead atoms. The smallest absolute Gasteiger partial charge is 0.341 e. The summed E-state index contributed by atoms with van der Waals surface area (Å²) in [6.07, 6.45) is 4.21. The number of aromatic carboxylic acids is 1. The fourth-order valence-corrected chi connectivity index (χ4v) is 2.83. The number of aliphatic hydroxyl groups is 1. The van der Waals surface area contributed by atoms with Gasteiger partial charge in [-0.25, -0.2) is 9.48 Å². The third-order valence-electron chi connectivity index (χ3n) is 3.99. The first-order chi connectivity index (χ1) is 9.08. The number of aliphatic hydroxyl groups excluding tert-OH is 1. The van der Waals surface area contributed by atoms with Gasteiger partial charge in [-0.05, 0) is 38.0 Å². The molecule has 1 heterocycles. The number of anilines is 1. The zero-order valence-electron chi connectivity index (χ0n) is 11.2. The van der Waals surface area contributed by atoms with Gasteiger partial charge in [0.1, 0.15) is 11.4 Å². The Bertz CT molecular complexity index is 462. The average Bonchev–Trinajstić information content (AvgIpc) is 2.76. The highest BCUT2D eigenvalue weighted by molar-refractivity contribution is 5.94. The summed E-state index contributed by atoms with van der Waals surface area (Å²) < 4.78 is 1.68. The molecule has 0 unspecified atom stereocenters. The maximum Gasteiger partial charge on any atom is 0.341 e. The van der Waals surface area contributed by atoms with Gasteiger partial charge in [0.15, 0.2) is 0 Å². The summed E-state index contributed by atoms with van der Waals surface area (Å²) in [5.41, 5.74) is 6.64. The van der Waals surface area contributed by atoms with E-state index in [0.717, 1.165) is 25.7 Å².